The van der Waals surface area contributed by atoms with Gasteiger partial charge in [-0.25, -0.2) is 4.98 Å². The van der Waals surface area contributed by atoms with E-state index in [0.29, 0.717) is 21.4 Å². The van der Waals surface area contributed by atoms with Gasteiger partial charge >= 0.3 is 0 Å². The molecule has 4 aromatic rings. The minimum Gasteiger partial charge on any atom is -0.321 e. The van der Waals surface area contributed by atoms with Gasteiger partial charge in [0.15, 0.2) is 5.13 Å². The first-order valence-electron chi connectivity index (χ1n) is 8.53. The van der Waals surface area contributed by atoms with Gasteiger partial charge in [-0.3, -0.25) is 14.9 Å². The highest BCUT2D eigenvalue weighted by Gasteiger charge is 2.17. The van der Waals surface area contributed by atoms with Crippen molar-refractivity contribution in [2.75, 3.05) is 10.6 Å². The molecule has 0 aliphatic carbocycles. The van der Waals surface area contributed by atoms with Crippen LogP contribution in [0.15, 0.2) is 66.7 Å². The van der Waals surface area contributed by atoms with Gasteiger partial charge in [-0.05, 0) is 42.5 Å². The SMILES string of the molecule is O=C(Nc1ccccc1C(=O)Nc1nc2ccccc2s1)c1ccc(Cl)cc1Cl. The molecule has 0 unspecified atom stereocenters. The largest absolute Gasteiger partial charge is 0.321 e. The summed E-state index contributed by atoms with van der Waals surface area (Å²) in [7, 11) is 0. The van der Waals surface area contributed by atoms with Gasteiger partial charge in [0.05, 0.1) is 32.1 Å². The molecular weight excluding hydrogens is 429 g/mol. The number of aromatic nitrogens is 1. The van der Waals surface area contributed by atoms with Gasteiger partial charge in [0.25, 0.3) is 11.8 Å². The minimum absolute atomic E-state index is 0.228. The maximum absolute atomic E-state index is 12.8. The minimum atomic E-state index is -0.438. The van der Waals surface area contributed by atoms with Crippen molar-refractivity contribution in [1.29, 1.82) is 0 Å². The smallest absolute Gasteiger partial charge is 0.259 e. The van der Waals surface area contributed by atoms with Gasteiger partial charge in [-0.2, -0.15) is 0 Å². The standard InChI is InChI=1S/C21H13Cl2N3O2S/c22-12-9-10-13(15(23)11-12)19(27)24-16-6-2-1-5-14(16)20(28)26-21-25-17-7-3-4-8-18(17)29-21/h1-11H,(H,24,27)(H,25,26,28). The fraction of sp³-hybridized carbons (Fsp3) is 0. The number of rotatable bonds is 4. The highest BCUT2D eigenvalue weighted by atomic mass is 35.5. The van der Waals surface area contributed by atoms with Crippen LogP contribution < -0.4 is 10.6 Å². The Bertz CT molecular complexity index is 1210. The van der Waals surface area contributed by atoms with E-state index in [1.54, 1.807) is 30.3 Å². The van der Waals surface area contributed by atoms with E-state index in [1.165, 1.54) is 23.5 Å². The molecule has 0 bridgehead atoms. The van der Waals surface area contributed by atoms with Gasteiger partial charge in [0.1, 0.15) is 0 Å². The topological polar surface area (TPSA) is 71.1 Å². The predicted octanol–water partition coefficient (Wildman–Crippen LogP) is 6.11. The molecule has 4 rings (SSSR count). The van der Waals surface area contributed by atoms with Crippen LogP contribution in [-0.4, -0.2) is 16.8 Å². The number of fused-ring (bicyclic) bond motifs is 1. The van der Waals surface area contributed by atoms with Crippen LogP contribution in [0.4, 0.5) is 10.8 Å². The molecule has 0 aliphatic heterocycles. The van der Waals surface area contributed by atoms with Crippen molar-refractivity contribution in [2.24, 2.45) is 0 Å². The lowest BCUT2D eigenvalue weighted by atomic mass is 10.1. The van der Waals surface area contributed by atoms with Crippen molar-refractivity contribution in [1.82, 2.24) is 4.98 Å². The lowest BCUT2D eigenvalue weighted by Crippen LogP contribution is -2.18. The van der Waals surface area contributed by atoms with Gasteiger partial charge in [-0.15, -0.1) is 0 Å². The van der Waals surface area contributed by atoms with E-state index in [4.69, 9.17) is 23.2 Å². The summed E-state index contributed by atoms with van der Waals surface area (Å²) < 4.78 is 0.974. The normalized spacial score (nSPS) is 10.7. The molecule has 1 aromatic heterocycles. The number of benzene rings is 3. The third-order valence-corrected chi connectivity index (χ3v) is 5.61. The second-order valence-corrected chi connectivity index (χ2v) is 7.94. The Balaban J connectivity index is 1.57. The molecule has 0 fully saturated rings. The number of carbonyl (C=O) groups is 2. The van der Waals surface area contributed by atoms with Crippen LogP contribution in [0.3, 0.4) is 0 Å². The van der Waals surface area contributed by atoms with Gasteiger partial charge in [-0.1, -0.05) is 58.8 Å². The summed E-state index contributed by atoms with van der Waals surface area (Å²) in [5.41, 5.74) is 1.75. The molecule has 3 aromatic carbocycles. The molecule has 0 spiro atoms. The monoisotopic (exact) mass is 441 g/mol. The van der Waals surface area contributed by atoms with Crippen LogP contribution in [0, 0.1) is 0 Å². The van der Waals surface area contributed by atoms with E-state index in [1.807, 2.05) is 24.3 Å². The molecule has 0 saturated carbocycles. The van der Waals surface area contributed by atoms with Crippen LogP contribution in [0.2, 0.25) is 10.0 Å². The van der Waals surface area contributed by atoms with Crippen LogP contribution in [-0.2, 0) is 0 Å². The third kappa shape index (κ3) is 4.24. The Hall–Kier alpha value is -2.93. The van der Waals surface area contributed by atoms with Crippen molar-refractivity contribution in [3.63, 3.8) is 0 Å². The summed E-state index contributed by atoms with van der Waals surface area (Å²) >= 11 is 13.4. The molecule has 0 saturated heterocycles. The summed E-state index contributed by atoms with van der Waals surface area (Å²) in [5, 5.41) is 6.67. The first-order chi connectivity index (χ1) is 14.0. The molecule has 0 aliphatic rings. The summed E-state index contributed by atoms with van der Waals surface area (Å²) in [6, 6.07) is 18.9. The fourth-order valence-electron chi connectivity index (χ4n) is 2.74. The van der Waals surface area contributed by atoms with E-state index in [0.717, 1.165) is 10.2 Å². The zero-order chi connectivity index (χ0) is 20.4. The van der Waals surface area contributed by atoms with Crippen molar-refractivity contribution >= 4 is 67.4 Å². The second-order valence-electron chi connectivity index (χ2n) is 6.06. The van der Waals surface area contributed by atoms with E-state index in [2.05, 4.69) is 15.6 Å². The summed E-state index contributed by atoms with van der Waals surface area (Å²) in [6.45, 7) is 0. The predicted molar refractivity (Wildman–Crippen MR) is 118 cm³/mol. The zero-order valence-corrected chi connectivity index (χ0v) is 17.1. The number of para-hydroxylation sites is 2. The number of anilines is 2. The molecule has 5 nitrogen and oxygen atoms in total. The van der Waals surface area contributed by atoms with Crippen LogP contribution in [0.1, 0.15) is 20.7 Å². The lowest BCUT2D eigenvalue weighted by Gasteiger charge is -2.11. The number of amides is 2. The highest BCUT2D eigenvalue weighted by molar-refractivity contribution is 7.22. The number of hydrogen-bond acceptors (Lipinski definition) is 4. The summed E-state index contributed by atoms with van der Waals surface area (Å²) in [6.07, 6.45) is 0. The Morgan fingerprint density at radius 1 is 0.828 bits per heavy atom. The van der Waals surface area contributed by atoms with Crippen LogP contribution in [0.5, 0.6) is 0 Å². The average molecular weight is 442 g/mol. The average Bonchev–Trinajstić information content (AvgIpc) is 3.10. The maximum atomic E-state index is 12.8. The molecule has 0 radical (unpaired) electrons. The number of hydrogen-bond donors (Lipinski definition) is 2. The molecule has 2 N–H and O–H groups in total. The van der Waals surface area contributed by atoms with Crippen LogP contribution in [0.25, 0.3) is 10.2 Å². The Kier molecular flexibility index (Phi) is 5.49. The van der Waals surface area contributed by atoms with Crippen molar-refractivity contribution in [3.05, 3.63) is 87.9 Å². The quantitative estimate of drug-likeness (QED) is 0.401. The molecule has 2 amide bonds. The molecular formula is C21H13Cl2N3O2S. The highest BCUT2D eigenvalue weighted by Crippen LogP contribution is 2.27. The summed E-state index contributed by atoms with van der Waals surface area (Å²) in [5.74, 6) is -0.811. The fourth-order valence-corrected chi connectivity index (χ4v) is 4.10. The second kappa shape index (κ2) is 8.21. The van der Waals surface area contributed by atoms with E-state index >= 15 is 0 Å². The van der Waals surface area contributed by atoms with E-state index in [-0.39, 0.29) is 16.5 Å². The number of thiazole rings is 1. The molecule has 1 heterocycles. The lowest BCUT2D eigenvalue weighted by molar-refractivity contribution is 0.102. The van der Waals surface area contributed by atoms with Crippen molar-refractivity contribution in [2.45, 2.75) is 0 Å². The third-order valence-electron chi connectivity index (χ3n) is 4.11. The van der Waals surface area contributed by atoms with E-state index in [9.17, 15) is 9.59 Å². The van der Waals surface area contributed by atoms with Crippen LogP contribution >= 0.6 is 34.5 Å². The van der Waals surface area contributed by atoms with Crippen molar-refractivity contribution in [3.8, 4) is 0 Å². The molecule has 29 heavy (non-hydrogen) atoms. The first-order valence-corrected chi connectivity index (χ1v) is 10.1. The van der Waals surface area contributed by atoms with Gasteiger partial charge in [0.2, 0.25) is 0 Å². The maximum Gasteiger partial charge on any atom is 0.259 e. The number of halogens is 2. The van der Waals surface area contributed by atoms with Gasteiger partial charge < -0.3 is 5.32 Å². The number of nitrogens with one attached hydrogen (secondary N) is 2. The number of nitrogens with zero attached hydrogens (tertiary/aromatic N) is 1. The Labute approximate surface area is 180 Å². The first kappa shape index (κ1) is 19.4. The summed E-state index contributed by atoms with van der Waals surface area (Å²) in [4.78, 5) is 29.8. The molecule has 8 heteroatoms. The Morgan fingerprint density at radius 2 is 1.55 bits per heavy atom. The molecule has 0 atom stereocenters. The van der Waals surface area contributed by atoms with Crippen molar-refractivity contribution < 1.29 is 9.59 Å². The number of carbonyl (C=O) groups excluding carboxylic acids is 2. The van der Waals surface area contributed by atoms with Gasteiger partial charge in [0, 0.05) is 5.02 Å². The molecule has 144 valence electrons. The van der Waals surface area contributed by atoms with E-state index < -0.39 is 5.91 Å². The Morgan fingerprint density at radius 3 is 2.34 bits per heavy atom. The zero-order valence-electron chi connectivity index (χ0n) is 14.8.